The molecule has 0 saturated heterocycles. The van der Waals surface area contributed by atoms with E-state index in [-0.39, 0.29) is 26.9 Å². The molecule has 0 fully saturated rings. The van der Waals surface area contributed by atoms with E-state index in [0.29, 0.717) is 5.56 Å². The fourth-order valence-corrected chi connectivity index (χ4v) is 0.581. The van der Waals surface area contributed by atoms with Gasteiger partial charge in [0.1, 0.15) is 0 Å². The maximum Gasteiger partial charge on any atom is 2.00 e. The molecule has 1 aromatic carbocycles. The Morgan fingerprint density at radius 3 is 1.81 bits per heavy atom. The minimum Gasteiger partial charge on any atom is -0.545 e. The summed E-state index contributed by atoms with van der Waals surface area (Å²) in [4.78, 5) is 19.3. The van der Waals surface area contributed by atoms with Crippen molar-refractivity contribution in [3.8, 4) is 0 Å². The van der Waals surface area contributed by atoms with Crippen molar-refractivity contribution in [2.75, 3.05) is 0 Å². The smallest absolute Gasteiger partial charge is 0.545 e. The molecule has 1 N–H and O–H groups in total. The number of hydrogen-bond acceptors (Lipinski definition) is 3. The number of carbonyl (C=O) groups is 2. The van der Waals surface area contributed by atoms with Crippen molar-refractivity contribution in [1.82, 2.24) is 0 Å². The molecule has 5 heteroatoms. The van der Waals surface area contributed by atoms with E-state index in [4.69, 9.17) is 15.0 Å². The number of aromatic carboxylic acids is 1. The molecule has 0 heterocycles. The van der Waals surface area contributed by atoms with E-state index in [1.807, 2.05) is 0 Å². The number of benzene rings is 1. The molecule has 16 heavy (non-hydrogen) atoms. The summed E-state index contributed by atoms with van der Waals surface area (Å²) in [7, 11) is 0. The number of rotatable bonds is 2. The van der Waals surface area contributed by atoms with Crippen molar-refractivity contribution in [3.05, 3.63) is 56.0 Å². The summed E-state index contributed by atoms with van der Waals surface area (Å²) < 4.78 is 0. The Bertz CT molecular complexity index is 322. The summed E-state index contributed by atoms with van der Waals surface area (Å²) in [5.74, 6) is -2.11. The molecule has 1 aromatic rings. The van der Waals surface area contributed by atoms with Gasteiger partial charge in [-0.05, 0) is 18.2 Å². The molecule has 0 spiro atoms. The van der Waals surface area contributed by atoms with E-state index >= 15 is 0 Å². The van der Waals surface area contributed by atoms with Gasteiger partial charge >= 0.3 is 25.4 Å². The molecular weight excluding hydrogens is 262 g/mol. The van der Waals surface area contributed by atoms with Gasteiger partial charge in [-0.3, -0.25) is 0 Å². The molecule has 4 nitrogen and oxygen atoms in total. The third-order valence-electron chi connectivity index (χ3n) is 1.19. The standard InChI is InChI=1S/C7H6O2.C3H4O2.CH3.Zn/c8-7(9)6-4-2-1-3-5-6;1-2-3(4)5;;/h1-5H,(H,8,9);2H,1H2,(H,4,5);1H3;/q;;-1;+2/p-1. The van der Waals surface area contributed by atoms with Crippen LogP contribution in [0.25, 0.3) is 0 Å². The van der Waals surface area contributed by atoms with E-state index in [1.165, 1.54) is 0 Å². The number of carboxylic acids is 2. The van der Waals surface area contributed by atoms with Crippen LogP contribution in [0.15, 0.2) is 43.0 Å². The first kappa shape index (κ1) is 20.0. The Kier molecular flexibility index (Phi) is 14.5. The van der Waals surface area contributed by atoms with Crippen LogP contribution in [0.3, 0.4) is 0 Å². The van der Waals surface area contributed by atoms with Crippen LogP contribution in [-0.4, -0.2) is 17.0 Å². The van der Waals surface area contributed by atoms with Crippen LogP contribution in [0.4, 0.5) is 0 Å². The third kappa shape index (κ3) is 10.6. The molecule has 0 saturated carbocycles. The van der Waals surface area contributed by atoms with Crippen LogP contribution >= 0.6 is 0 Å². The van der Waals surface area contributed by atoms with E-state index in [9.17, 15) is 4.79 Å². The Morgan fingerprint density at radius 2 is 1.62 bits per heavy atom. The topological polar surface area (TPSA) is 77.4 Å². The minimum absolute atomic E-state index is 0. The summed E-state index contributed by atoms with van der Waals surface area (Å²) in [6, 6.07) is 8.30. The van der Waals surface area contributed by atoms with Gasteiger partial charge in [-0.2, -0.15) is 0 Å². The van der Waals surface area contributed by atoms with Gasteiger partial charge in [-0.15, -0.1) is 0 Å². The normalized spacial score (nSPS) is 7.00. The first-order valence-corrected chi connectivity index (χ1v) is 3.69. The maximum atomic E-state index is 10.2. The molecule has 0 aliphatic rings. The molecular formula is C11H12O4Zn. The van der Waals surface area contributed by atoms with Crippen LogP contribution in [0.1, 0.15) is 10.4 Å². The monoisotopic (exact) mass is 272 g/mol. The van der Waals surface area contributed by atoms with Crippen molar-refractivity contribution in [1.29, 1.82) is 0 Å². The summed E-state index contributed by atoms with van der Waals surface area (Å²) in [5, 5.41) is 17.5. The Hall–Kier alpha value is -1.48. The van der Waals surface area contributed by atoms with Crippen molar-refractivity contribution < 1.29 is 39.3 Å². The molecule has 0 atom stereocenters. The molecule has 0 aliphatic carbocycles. The van der Waals surface area contributed by atoms with Crippen LogP contribution in [0.2, 0.25) is 0 Å². The van der Waals surface area contributed by atoms with Gasteiger partial charge in [0, 0.05) is 0 Å². The zero-order valence-electron chi connectivity index (χ0n) is 9.05. The Balaban J connectivity index is -0.000000214. The van der Waals surface area contributed by atoms with Crippen LogP contribution in [-0.2, 0) is 24.3 Å². The van der Waals surface area contributed by atoms with Crippen molar-refractivity contribution >= 4 is 11.9 Å². The summed E-state index contributed by atoms with van der Waals surface area (Å²) >= 11 is 0. The quantitative estimate of drug-likeness (QED) is 0.490. The van der Waals surface area contributed by atoms with Crippen LogP contribution < -0.4 is 5.11 Å². The predicted molar refractivity (Wildman–Crippen MR) is 55.0 cm³/mol. The number of carboxylic acid groups (broad SMARTS) is 2. The third-order valence-corrected chi connectivity index (χ3v) is 1.19. The van der Waals surface area contributed by atoms with Gasteiger partial charge < -0.3 is 22.4 Å². The van der Waals surface area contributed by atoms with Gasteiger partial charge in [0.05, 0.1) is 11.5 Å². The van der Waals surface area contributed by atoms with Crippen molar-refractivity contribution in [2.45, 2.75) is 0 Å². The second-order valence-corrected chi connectivity index (χ2v) is 2.19. The van der Waals surface area contributed by atoms with Gasteiger partial charge in [-0.1, -0.05) is 24.8 Å². The minimum atomic E-state index is -1.23. The van der Waals surface area contributed by atoms with Gasteiger partial charge in [0.15, 0.2) is 0 Å². The first-order valence-electron chi connectivity index (χ1n) is 3.69. The van der Waals surface area contributed by atoms with Crippen molar-refractivity contribution in [3.63, 3.8) is 0 Å². The van der Waals surface area contributed by atoms with E-state index in [0.717, 1.165) is 6.08 Å². The van der Waals surface area contributed by atoms with Crippen molar-refractivity contribution in [2.24, 2.45) is 0 Å². The second-order valence-electron chi connectivity index (χ2n) is 2.19. The van der Waals surface area contributed by atoms with Crippen LogP contribution in [0.5, 0.6) is 0 Å². The Labute approximate surface area is 107 Å². The van der Waals surface area contributed by atoms with Gasteiger partial charge in [0.25, 0.3) is 0 Å². The fourth-order valence-electron chi connectivity index (χ4n) is 0.581. The second kappa shape index (κ2) is 11.6. The zero-order valence-corrected chi connectivity index (χ0v) is 12.0. The van der Waals surface area contributed by atoms with Gasteiger partial charge in [0.2, 0.25) is 0 Å². The average molecular weight is 274 g/mol. The first-order chi connectivity index (χ1) is 6.57. The number of carbonyl (C=O) groups excluding carboxylic acids is 1. The predicted octanol–water partition coefficient (Wildman–Crippen LogP) is 0.755. The molecule has 0 unspecified atom stereocenters. The molecule has 1 rings (SSSR count). The SMILES string of the molecule is C=CC(=O)[O-].O=C(O)c1ccccc1.[CH3-].[Zn+2]. The fraction of sp³-hybridized carbons (Fsp3) is 0. The summed E-state index contributed by atoms with van der Waals surface area (Å²) in [6.07, 6.45) is 0.722. The zero-order chi connectivity index (χ0) is 11.0. The maximum absolute atomic E-state index is 10.2. The molecule has 0 amide bonds. The summed E-state index contributed by atoms with van der Waals surface area (Å²) in [6.45, 7) is 2.90. The van der Waals surface area contributed by atoms with E-state index < -0.39 is 11.9 Å². The molecule has 0 aromatic heterocycles. The largest absolute Gasteiger partial charge is 2.00 e. The summed E-state index contributed by atoms with van der Waals surface area (Å²) in [5.41, 5.74) is 0.331. The molecule has 0 aliphatic heterocycles. The van der Waals surface area contributed by atoms with E-state index in [2.05, 4.69) is 6.58 Å². The number of aliphatic carboxylic acids is 1. The van der Waals surface area contributed by atoms with Gasteiger partial charge in [-0.25, -0.2) is 4.79 Å². The average Bonchev–Trinajstić information content (AvgIpc) is 2.20. The van der Waals surface area contributed by atoms with Crippen LogP contribution in [0, 0.1) is 7.43 Å². The number of hydrogen-bond donors (Lipinski definition) is 1. The van der Waals surface area contributed by atoms with E-state index in [1.54, 1.807) is 30.3 Å². The Morgan fingerprint density at radius 1 is 1.25 bits per heavy atom. The molecule has 0 bridgehead atoms. The molecule has 82 valence electrons. The molecule has 0 radical (unpaired) electrons.